The van der Waals surface area contributed by atoms with Crippen LogP contribution in [0.25, 0.3) is 0 Å². The van der Waals surface area contributed by atoms with Gasteiger partial charge in [-0.15, -0.1) is 0 Å². The number of hydrogen-bond acceptors (Lipinski definition) is 3. The molecule has 1 aromatic carbocycles. The summed E-state index contributed by atoms with van der Waals surface area (Å²) in [5, 5.41) is 8.04. The Morgan fingerprint density at radius 1 is 1.21 bits per heavy atom. The van der Waals surface area contributed by atoms with Crippen molar-refractivity contribution in [3.63, 3.8) is 0 Å². The molecular formula is C25H41NO3. The predicted octanol–water partition coefficient (Wildman–Crippen LogP) is 5.57. The van der Waals surface area contributed by atoms with E-state index in [1.54, 1.807) is 0 Å². The van der Waals surface area contributed by atoms with Crippen LogP contribution in [-0.2, 0) is 15.1 Å². The number of ether oxygens (including phenoxy) is 1. The second-order valence-electron chi connectivity index (χ2n) is 9.84. The van der Waals surface area contributed by atoms with Crippen molar-refractivity contribution >= 4 is 5.97 Å². The number of rotatable bonds is 8. The third-order valence-electron chi connectivity index (χ3n) is 7.73. The van der Waals surface area contributed by atoms with E-state index in [9.17, 15) is 4.79 Å². The minimum atomic E-state index is -0.693. The van der Waals surface area contributed by atoms with Gasteiger partial charge in [0.05, 0.1) is 12.2 Å². The molecular weight excluding hydrogens is 362 g/mol. The normalized spacial score (nSPS) is 29.6. The van der Waals surface area contributed by atoms with E-state index in [2.05, 4.69) is 70.1 Å². The van der Waals surface area contributed by atoms with Crippen molar-refractivity contribution in [3.05, 3.63) is 35.9 Å². The third kappa shape index (κ3) is 4.69. The van der Waals surface area contributed by atoms with Crippen molar-refractivity contribution in [3.8, 4) is 0 Å². The molecule has 0 unspecified atom stereocenters. The topological polar surface area (TPSA) is 49.8 Å². The van der Waals surface area contributed by atoms with Gasteiger partial charge < -0.3 is 14.7 Å². The summed E-state index contributed by atoms with van der Waals surface area (Å²) in [5.74, 6) is 0.0823. The quantitative estimate of drug-likeness (QED) is 0.617. The highest BCUT2D eigenvalue weighted by Gasteiger charge is 2.69. The van der Waals surface area contributed by atoms with Crippen LogP contribution in [-0.4, -0.2) is 43.2 Å². The van der Waals surface area contributed by atoms with Gasteiger partial charge in [-0.25, -0.2) is 0 Å². The fourth-order valence-electron chi connectivity index (χ4n) is 5.42. The zero-order valence-electron chi connectivity index (χ0n) is 19.3. The maximum atomic E-state index is 9.76. The Bertz CT molecular complexity index is 657. The van der Waals surface area contributed by atoms with Crippen LogP contribution in [0.3, 0.4) is 0 Å². The molecule has 29 heavy (non-hydrogen) atoms. The molecule has 3 atom stereocenters. The van der Waals surface area contributed by atoms with Crippen molar-refractivity contribution in [1.29, 1.82) is 0 Å². The van der Waals surface area contributed by atoms with Crippen molar-refractivity contribution in [1.82, 2.24) is 4.90 Å². The molecule has 1 aromatic rings. The molecule has 2 saturated carbocycles. The summed E-state index contributed by atoms with van der Waals surface area (Å²) in [7, 11) is 4.23. The van der Waals surface area contributed by atoms with Crippen molar-refractivity contribution < 1.29 is 14.6 Å². The summed E-state index contributed by atoms with van der Waals surface area (Å²) in [4.78, 5) is 12.0. The van der Waals surface area contributed by atoms with Gasteiger partial charge in [-0.1, -0.05) is 64.4 Å². The first kappa shape index (κ1) is 23.9. The molecule has 0 radical (unpaired) electrons. The lowest BCUT2D eigenvalue weighted by Crippen LogP contribution is -2.47. The number of carboxylic acid groups (broad SMARTS) is 1. The Balaban J connectivity index is 0.000000370. The minimum Gasteiger partial charge on any atom is -0.481 e. The summed E-state index contributed by atoms with van der Waals surface area (Å²) in [5.41, 5.74) is 1.84. The maximum Gasteiger partial charge on any atom is 0.303 e. The molecule has 0 aromatic heterocycles. The average Bonchev–Trinajstić information content (AvgIpc) is 2.99. The van der Waals surface area contributed by atoms with Gasteiger partial charge in [-0.05, 0) is 56.7 Å². The first-order valence-corrected chi connectivity index (χ1v) is 11.2. The van der Waals surface area contributed by atoms with Crippen LogP contribution >= 0.6 is 0 Å². The van der Waals surface area contributed by atoms with Gasteiger partial charge in [0.1, 0.15) is 0 Å². The van der Waals surface area contributed by atoms with Crippen LogP contribution in [0.1, 0.15) is 71.8 Å². The zero-order chi connectivity index (χ0) is 21.7. The third-order valence-corrected chi connectivity index (χ3v) is 7.73. The highest BCUT2D eigenvalue weighted by molar-refractivity contribution is 5.66. The number of fused-ring (bicyclic) bond motifs is 2. The van der Waals surface area contributed by atoms with Crippen LogP contribution in [0.2, 0.25) is 0 Å². The highest BCUT2D eigenvalue weighted by Crippen LogP contribution is 2.73. The summed E-state index contributed by atoms with van der Waals surface area (Å²) in [6, 6.07) is 11.0. The fraction of sp³-hybridized carbons (Fsp3) is 0.720. The number of aliphatic carboxylic acids is 1. The zero-order valence-corrected chi connectivity index (χ0v) is 19.3. The summed E-state index contributed by atoms with van der Waals surface area (Å²) >= 11 is 0. The number of carbonyl (C=O) groups is 1. The molecule has 0 spiro atoms. The molecule has 2 fully saturated rings. The maximum absolute atomic E-state index is 9.76. The van der Waals surface area contributed by atoms with Crippen LogP contribution in [0, 0.1) is 16.7 Å². The van der Waals surface area contributed by atoms with Gasteiger partial charge in [0.2, 0.25) is 0 Å². The fourth-order valence-corrected chi connectivity index (χ4v) is 5.42. The van der Waals surface area contributed by atoms with Gasteiger partial charge >= 0.3 is 5.97 Å². The molecule has 164 valence electrons. The summed E-state index contributed by atoms with van der Waals surface area (Å²) in [6.45, 7) is 11.2. The van der Waals surface area contributed by atoms with E-state index in [1.807, 2.05) is 6.92 Å². The number of benzene rings is 1. The lowest BCUT2D eigenvalue weighted by Gasteiger charge is -2.49. The molecule has 2 bridgehead atoms. The molecule has 2 aliphatic rings. The number of nitrogens with zero attached hydrogens (tertiary/aromatic N) is 1. The predicted molar refractivity (Wildman–Crippen MR) is 119 cm³/mol. The molecule has 3 rings (SSSR count). The van der Waals surface area contributed by atoms with E-state index in [1.165, 1.54) is 24.8 Å². The average molecular weight is 404 g/mol. The van der Waals surface area contributed by atoms with Crippen LogP contribution in [0.5, 0.6) is 0 Å². The van der Waals surface area contributed by atoms with E-state index in [0.29, 0.717) is 11.8 Å². The lowest BCUT2D eigenvalue weighted by molar-refractivity contribution is -0.148. The molecule has 1 N–H and O–H groups in total. The Kier molecular flexibility index (Phi) is 7.92. The van der Waals surface area contributed by atoms with Gasteiger partial charge in [0.25, 0.3) is 0 Å². The number of carboxylic acids is 1. The molecule has 0 amide bonds. The largest absolute Gasteiger partial charge is 0.481 e. The van der Waals surface area contributed by atoms with Gasteiger partial charge in [0.15, 0.2) is 0 Å². The number of hydrogen-bond donors (Lipinski definition) is 1. The van der Waals surface area contributed by atoms with Crippen LogP contribution in [0.15, 0.2) is 30.3 Å². The van der Waals surface area contributed by atoms with E-state index < -0.39 is 5.97 Å². The first-order valence-electron chi connectivity index (χ1n) is 11.2. The van der Waals surface area contributed by atoms with E-state index in [0.717, 1.165) is 31.9 Å². The van der Waals surface area contributed by atoms with Crippen LogP contribution < -0.4 is 0 Å². The number of likely N-dealkylation sites (N-methyl/N-ethyl adjacent to an activating group) is 1. The Labute approximate surface area is 177 Å². The van der Waals surface area contributed by atoms with Gasteiger partial charge in [0, 0.05) is 18.4 Å². The lowest BCUT2D eigenvalue weighted by atomic mass is 9.62. The second-order valence-corrected chi connectivity index (χ2v) is 9.84. The van der Waals surface area contributed by atoms with E-state index in [4.69, 9.17) is 9.84 Å². The van der Waals surface area contributed by atoms with Crippen LogP contribution in [0.4, 0.5) is 0 Å². The van der Waals surface area contributed by atoms with Gasteiger partial charge in [-0.2, -0.15) is 0 Å². The Morgan fingerprint density at radius 3 is 2.28 bits per heavy atom. The van der Waals surface area contributed by atoms with Crippen molar-refractivity contribution in [2.75, 3.05) is 27.2 Å². The molecule has 0 heterocycles. The Hall–Kier alpha value is -1.39. The molecule has 2 aliphatic carbocycles. The van der Waals surface area contributed by atoms with Crippen molar-refractivity contribution in [2.45, 2.75) is 71.8 Å². The molecule has 0 aliphatic heterocycles. The SMILES string of the molecule is CCCCC(=O)O.CN(C)CCO[C@]1(c2ccccc2)C[C@H]2CC[C@]1(C)C2(C)C. The number of unbranched alkanes of at least 4 members (excludes halogenated alkanes) is 1. The first-order chi connectivity index (χ1) is 13.6. The monoisotopic (exact) mass is 403 g/mol. The second kappa shape index (κ2) is 9.61. The van der Waals surface area contributed by atoms with Gasteiger partial charge in [-0.3, -0.25) is 4.79 Å². The minimum absolute atomic E-state index is 0.114. The molecule has 4 heteroatoms. The van der Waals surface area contributed by atoms with Crippen molar-refractivity contribution in [2.24, 2.45) is 16.7 Å². The summed E-state index contributed by atoms with van der Waals surface area (Å²) in [6.07, 6.45) is 5.89. The van der Waals surface area contributed by atoms with E-state index >= 15 is 0 Å². The smallest absolute Gasteiger partial charge is 0.303 e. The summed E-state index contributed by atoms with van der Waals surface area (Å²) < 4.78 is 6.72. The highest BCUT2D eigenvalue weighted by atomic mass is 16.5. The molecule has 0 saturated heterocycles. The Morgan fingerprint density at radius 2 is 1.86 bits per heavy atom. The molecule has 4 nitrogen and oxygen atoms in total. The standard InChI is InChI=1S/C20H31NO.C5H10O2/c1-18(2)17-11-12-19(18,3)20(15-17,22-14-13-21(4)5)16-9-7-6-8-10-16;1-2-3-4-5(6)7/h6-10,17H,11-15H2,1-5H3;2-4H2,1H3,(H,6,7)/t17-,19-,20+;/m1./s1. The van der Waals surface area contributed by atoms with E-state index in [-0.39, 0.29) is 11.0 Å².